The normalized spacial score (nSPS) is 21.5. The van der Waals surface area contributed by atoms with Gasteiger partial charge in [-0.3, -0.25) is 9.59 Å². The molecule has 2 atom stereocenters. The molecule has 2 aromatic rings. The molecule has 2 aliphatic rings. The van der Waals surface area contributed by atoms with Gasteiger partial charge in [-0.1, -0.05) is 18.2 Å². The van der Waals surface area contributed by atoms with E-state index in [1.54, 1.807) is 4.90 Å². The van der Waals surface area contributed by atoms with E-state index in [1.807, 2.05) is 66.4 Å². The Hall–Kier alpha value is -2.82. The second kappa shape index (κ2) is 6.72. The van der Waals surface area contributed by atoms with Crippen molar-refractivity contribution in [1.29, 1.82) is 0 Å². The number of hydrogen-bond donors (Lipinski definition) is 0. The van der Waals surface area contributed by atoms with Crippen LogP contribution in [0.1, 0.15) is 18.9 Å². The van der Waals surface area contributed by atoms with Crippen molar-refractivity contribution >= 4 is 28.9 Å². The molecule has 2 amide bonds. The van der Waals surface area contributed by atoms with Crippen molar-refractivity contribution in [1.82, 2.24) is 0 Å². The zero-order valence-corrected chi connectivity index (χ0v) is 16.1. The number of nitrogens with zero attached hydrogens (tertiary/aromatic N) is 3. The molecule has 4 rings (SSSR count). The minimum absolute atomic E-state index is 0.0195. The zero-order chi connectivity index (χ0) is 19.1. The molecular formula is C22H25N3O2. The molecule has 2 heterocycles. The lowest BCUT2D eigenvalue weighted by molar-refractivity contribution is -0.124. The first kappa shape index (κ1) is 17.6. The highest BCUT2D eigenvalue weighted by Crippen LogP contribution is 2.35. The Labute approximate surface area is 160 Å². The van der Waals surface area contributed by atoms with Gasteiger partial charge in [0.1, 0.15) is 0 Å². The maximum atomic E-state index is 13.2. The highest BCUT2D eigenvalue weighted by molar-refractivity contribution is 6.05. The Morgan fingerprint density at radius 3 is 2.44 bits per heavy atom. The summed E-state index contributed by atoms with van der Waals surface area (Å²) in [5, 5.41) is 0. The summed E-state index contributed by atoms with van der Waals surface area (Å²) in [6.45, 7) is 2.52. The van der Waals surface area contributed by atoms with Gasteiger partial charge in [0.2, 0.25) is 11.8 Å². The summed E-state index contributed by atoms with van der Waals surface area (Å²) in [7, 11) is 3.97. The van der Waals surface area contributed by atoms with Crippen molar-refractivity contribution in [2.24, 2.45) is 5.92 Å². The van der Waals surface area contributed by atoms with E-state index in [-0.39, 0.29) is 30.2 Å². The van der Waals surface area contributed by atoms with Gasteiger partial charge in [-0.15, -0.1) is 0 Å². The van der Waals surface area contributed by atoms with Crippen molar-refractivity contribution < 1.29 is 9.59 Å². The van der Waals surface area contributed by atoms with Gasteiger partial charge >= 0.3 is 0 Å². The van der Waals surface area contributed by atoms with Gasteiger partial charge in [0, 0.05) is 50.2 Å². The summed E-state index contributed by atoms with van der Waals surface area (Å²) in [5.41, 5.74) is 4.14. The minimum atomic E-state index is -0.292. The van der Waals surface area contributed by atoms with Crippen LogP contribution in [0.5, 0.6) is 0 Å². The molecule has 0 N–H and O–H groups in total. The fraction of sp³-hybridized carbons (Fsp3) is 0.364. The number of benzene rings is 2. The summed E-state index contributed by atoms with van der Waals surface area (Å²) in [4.78, 5) is 31.5. The predicted octanol–water partition coefficient (Wildman–Crippen LogP) is 3.08. The topological polar surface area (TPSA) is 43.9 Å². The molecule has 5 heteroatoms. The van der Waals surface area contributed by atoms with Crippen molar-refractivity contribution in [2.75, 3.05) is 35.3 Å². The average molecular weight is 363 g/mol. The molecule has 0 spiro atoms. The lowest BCUT2D eigenvalue weighted by Gasteiger charge is -2.26. The Kier molecular flexibility index (Phi) is 4.38. The van der Waals surface area contributed by atoms with Gasteiger partial charge in [0.05, 0.1) is 5.92 Å². The third-order valence-electron chi connectivity index (χ3n) is 5.60. The Balaban J connectivity index is 1.53. The van der Waals surface area contributed by atoms with E-state index in [4.69, 9.17) is 0 Å². The Morgan fingerprint density at radius 1 is 1.04 bits per heavy atom. The van der Waals surface area contributed by atoms with Crippen molar-refractivity contribution in [3.63, 3.8) is 0 Å². The summed E-state index contributed by atoms with van der Waals surface area (Å²) in [6, 6.07) is 16.1. The first-order valence-corrected chi connectivity index (χ1v) is 9.44. The van der Waals surface area contributed by atoms with Crippen molar-refractivity contribution in [3.8, 4) is 0 Å². The van der Waals surface area contributed by atoms with E-state index in [2.05, 4.69) is 13.0 Å². The Bertz CT molecular complexity index is 875. The first-order valence-electron chi connectivity index (χ1n) is 9.44. The number of amides is 2. The van der Waals surface area contributed by atoms with Gasteiger partial charge in [-0.05, 0) is 49.2 Å². The third-order valence-corrected chi connectivity index (χ3v) is 5.60. The predicted molar refractivity (Wildman–Crippen MR) is 108 cm³/mol. The van der Waals surface area contributed by atoms with E-state index in [0.29, 0.717) is 6.54 Å². The lowest BCUT2D eigenvalue weighted by Crippen LogP contribution is -2.41. The van der Waals surface area contributed by atoms with Crippen LogP contribution in [0.4, 0.5) is 17.1 Å². The molecule has 27 heavy (non-hydrogen) atoms. The van der Waals surface area contributed by atoms with Gasteiger partial charge in [0.15, 0.2) is 0 Å². The van der Waals surface area contributed by atoms with Crippen LogP contribution < -0.4 is 14.7 Å². The smallest absolute Gasteiger partial charge is 0.232 e. The second-order valence-electron chi connectivity index (χ2n) is 7.71. The molecule has 140 valence electrons. The van der Waals surface area contributed by atoms with Crippen LogP contribution in [0.15, 0.2) is 48.5 Å². The SMILES string of the molecule is CC1Cc2ccccc2N1C(=O)C1CC(=O)N(c2ccc(N(C)C)cc2)C1. The quantitative estimate of drug-likeness (QED) is 0.842. The van der Waals surface area contributed by atoms with E-state index in [1.165, 1.54) is 5.56 Å². The monoisotopic (exact) mass is 363 g/mol. The van der Waals surface area contributed by atoms with Crippen LogP contribution in [0.2, 0.25) is 0 Å². The largest absolute Gasteiger partial charge is 0.378 e. The maximum absolute atomic E-state index is 13.2. The highest BCUT2D eigenvalue weighted by atomic mass is 16.2. The number of rotatable bonds is 3. The van der Waals surface area contributed by atoms with Crippen LogP contribution >= 0.6 is 0 Å². The van der Waals surface area contributed by atoms with Crippen LogP contribution in [0.25, 0.3) is 0 Å². The van der Waals surface area contributed by atoms with Gasteiger partial charge in [-0.2, -0.15) is 0 Å². The molecule has 1 fully saturated rings. The van der Waals surface area contributed by atoms with E-state index in [0.717, 1.165) is 23.5 Å². The summed E-state index contributed by atoms with van der Waals surface area (Å²) in [5.74, 6) is -0.209. The number of carbonyl (C=O) groups is 2. The fourth-order valence-electron chi connectivity index (χ4n) is 4.15. The molecule has 2 unspecified atom stereocenters. The number of anilines is 3. The van der Waals surface area contributed by atoms with E-state index >= 15 is 0 Å². The van der Waals surface area contributed by atoms with E-state index in [9.17, 15) is 9.59 Å². The summed E-state index contributed by atoms with van der Waals surface area (Å²) < 4.78 is 0. The molecule has 1 saturated heterocycles. The van der Waals surface area contributed by atoms with E-state index < -0.39 is 0 Å². The average Bonchev–Trinajstić information content (AvgIpc) is 3.20. The molecule has 2 aliphatic heterocycles. The number of para-hydroxylation sites is 1. The molecule has 0 saturated carbocycles. The second-order valence-corrected chi connectivity index (χ2v) is 7.71. The lowest BCUT2D eigenvalue weighted by atomic mass is 10.1. The number of hydrogen-bond acceptors (Lipinski definition) is 3. The molecule has 0 aromatic heterocycles. The zero-order valence-electron chi connectivity index (χ0n) is 16.1. The van der Waals surface area contributed by atoms with Gasteiger partial charge < -0.3 is 14.7 Å². The van der Waals surface area contributed by atoms with Crippen molar-refractivity contribution in [3.05, 3.63) is 54.1 Å². The van der Waals surface area contributed by atoms with Crippen LogP contribution in [0.3, 0.4) is 0 Å². The van der Waals surface area contributed by atoms with Crippen LogP contribution in [0, 0.1) is 5.92 Å². The molecule has 0 radical (unpaired) electrons. The first-order chi connectivity index (χ1) is 13.0. The molecular weight excluding hydrogens is 338 g/mol. The highest BCUT2D eigenvalue weighted by Gasteiger charge is 2.40. The molecule has 0 bridgehead atoms. The standard InChI is InChI=1S/C22H25N3O2/c1-15-12-16-6-4-5-7-20(16)25(15)22(27)17-13-21(26)24(14-17)19-10-8-18(9-11-19)23(2)3/h4-11,15,17H,12-14H2,1-3H3. The summed E-state index contributed by atoms with van der Waals surface area (Å²) in [6.07, 6.45) is 1.15. The van der Waals surface area contributed by atoms with Crippen molar-refractivity contribution in [2.45, 2.75) is 25.8 Å². The maximum Gasteiger partial charge on any atom is 0.232 e. The number of fused-ring (bicyclic) bond motifs is 1. The molecule has 2 aromatic carbocycles. The third kappa shape index (κ3) is 3.07. The summed E-state index contributed by atoms with van der Waals surface area (Å²) >= 11 is 0. The fourth-order valence-corrected chi connectivity index (χ4v) is 4.15. The number of carbonyl (C=O) groups excluding carboxylic acids is 2. The van der Waals surface area contributed by atoms with Gasteiger partial charge in [-0.25, -0.2) is 0 Å². The van der Waals surface area contributed by atoms with Crippen LogP contribution in [-0.4, -0.2) is 38.5 Å². The molecule has 5 nitrogen and oxygen atoms in total. The van der Waals surface area contributed by atoms with Crippen LogP contribution in [-0.2, 0) is 16.0 Å². The minimum Gasteiger partial charge on any atom is -0.378 e. The Morgan fingerprint density at radius 2 is 1.74 bits per heavy atom. The molecule has 0 aliphatic carbocycles. The van der Waals surface area contributed by atoms with Gasteiger partial charge in [0.25, 0.3) is 0 Å².